The minimum absolute atomic E-state index is 0.188. The molecule has 0 radical (unpaired) electrons. The monoisotopic (exact) mass is 264 g/mol. The van der Waals surface area contributed by atoms with Gasteiger partial charge in [-0.05, 0) is 31.9 Å². The van der Waals surface area contributed by atoms with E-state index in [1.807, 2.05) is 0 Å². The highest BCUT2D eigenvalue weighted by atomic mass is 79.9. The van der Waals surface area contributed by atoms with E-state index < -0.39 is 0 Å². The molecule has 0 spiro atoms. The molecule has 0 bridgehead atoms. The third kappa shape index (κ3) is 1.44. The molecule has 1 aliphatic carbocycles. The Morgan fingerprint density at radius 1 is 0.900 bits per heavy atom. The number of carbonyl (C=O) groups is 2. The van der Waals surface area contributed by atoms with Crippen LogP contribution in [0.4, 0.5) is 0 Å². The zero-order chi connectivity index (χ0) is 7.72. The minimum atomic E-state index is -0.188. The molecule has 0 aromatic heterocycles. The zero-order valence-electron chi connectivity index (χ0n) is 4.73. The predicted molar refractivity (Wildman–Crippen MR) is 44.0 cm³/mol. The molecule has 0 fully saturated rings. The number of hydrogen-bond donors (Lipinski definition) is 0. The molecule has 0 atom stereocenters. The lowest BCUT2D eigenvalue weighted by Gasteiger charge is -2.00. The predicted octanol–water partition coefficient (Wildman–Crippen LogP) is 1.70. The van der Waals surface area contributed by atoms with Crippen molar-refractivity contribution in [2.24, 2.45) is 0 Å². The van der Waals surface area contributed by atoms with E-state index in [4.69, 9.17) is 0 Å². The Hall–Kier alpha value is -0.220. The van der Waals surface area contributed by atoms with Gasteiger partial charge in [-0.3, -0.25) is 9.59 Å². The number of halogens is 2. The first-order valence-electron chi connectivity index (χ1n) is 2.44. The van der Waals surface area contributed by atoms with Crippen molar-refractivity contribution in [3.63, 3.8) is 0 Å². The molecule has 0 amide bonds. The molecule has 4 heteroatoms. The number of hydrogen-bond acceptors (Lipinski definition) is 2. The molecule has 2 nitrogen and oxygen atoms in total. The summed E-state index contributed by atoms with van der Waals surface area (Å²) in [5, 5.41) is 0. The van der Waals surface area contributed by atoms with Crippen LogP contribution in [-0.4, -0.2) is 11.6 Å². The molecular formula is C6H2Br2O2. The second-order valence-corrected chi connectivity index (χ2v) is 3.42. The van der Waals surface area contributed by atoms with E-state index in [0.29, 0.717) is 8.96 Å². The van der Waals surface area contributed by atoms with Gasteiger partial charge in [-0.2, -0.15) is 0 Å². The van der Waals surface area contributed by atoms with E-state index in [0.717, 1.165) is 0 Å². The van der Waals surface area contributed by atoms with Crippen LogP contribution >= 0.6 is 31.9 Å². The van der Waals surface area contributed by atoms with Crippen molar-refractivity contribution in [2.45, 2.75) is 0 Å². The fraction of sp³-hybridized carbons (Fsp3) is 0. The summed E-state index contributed by atoms with van der Waals surface area (Å²) >= 11 is 5.89. The van der Waals surface area contributed by atoms with E-state index in [2.05, 4.69) is 31.9 Å². The van der Waals surface area contributed by atoms with E-state index in [1.165, 1.54) is 12.2 Å². The summed E-state index contributed by atoms with van der Waals surface area (Å²) in [5.41, 5.74) is 0. The number of carbonyl (C=O) groups excluding carboxylic acids is 2. The van der Waals surface area contributed by atoms with Crippen molar-refractivity contribution in [3.8, 4) is 0 Å². The van der Waals surface area contributed by atoms with Gasteiger partial charge in [0, 0.05) is 12.2 Å². The molecule has 0 heterocycles. The fourth-order valence-corrected chi connectivity index (χ4v) is 1.16. The van der Waals surface area contributed by atoms with Gasteiger partial charge < -0.3 is 0 Å². The van der Waals surface area contributed by atoms with Gasteiger partial charge in [0.25, 0.3) is 0 Å². The van der Waals surface area contributed by atoms with Crippen molar-refractivity contribution < 1.29 is 9.59 Å². The topological polar surface area (TPSA) is 34.1 Å². The van der Waals surface area contributed by atoms with Crippen molar-refractivity contribution >= 4 is 43.4 Å². The summed E-state index contributed by atoms with van der Waals surface area (Å²) in [6.45, 7) is 0. The van der Waals surface area contributed by atoms with Gasteiger partial charge in [-0.15, -0.1) is 0 Å². The van der Waals surface area contributed by atoms with Crippen LogP contribution in [-0.2, 0) is 9.59 Å². The van der Waals surface area contributed by atoms with Crippen LogP contribution in [0, 0.1) is 0 Å². The van der Waals surface area contributed by atoms with Gasteiger partial charge in [0.15, 0.2) is 11.6 Å². The van der Waals surface area contributed by atoms with Gasteiger partial charge in [0.2, 0.25) is 0 Å². The normalized spacial score (nSPS) is 18.6. The first-order valence-corrected chi connectivity index (χ1v) is 4.03. The third-order valence-electron chi connectivity index (χ3n) is 0.986. The first kappa shape index (κ1) is 7.88. The average molecular weight is 266 g/mol. The summed E-state index contributed by atoms with van der Waals surface area (Å²) < 4.78 is 0.612. The van der Waals surface area contributed by atoms with Crippen LogP contribution in [0.25, 0.3) is 0 Å². The second kappa shape index (κ2) is 2.80. The number of ketones is 2. The Morgan fingerprint density at radius 2 is 1.20 bits per heavy atom. The summed E-state index contributed by atoms with van der Waals surface area (Å²) in [6, 6.07) is 0. The van der Waals surface area contributed by atoms with E-state index in [-0.39, 0.29) is 11.6 Å². The lowest BCUT2D eigenvalue weighted by Crippen LogP contribution is -2.05. The summed E-state index contributed by atoms with van der Waals surface area (Å²) in [5.74, 6) is -0.377. The minimum Gasteiger partial charge on any atom is -0.289 e. The van der Waals surface area contributed by atoms with Crippen LogP contribution in [0.15, 0.2) is 21.1 Å². The van der Waals surface area contributed by atoms with E-state index in [1.54, 1.807) is 0 Å². The maximum Gasteiger partial charge on any atom is 0.194 e. The van der Waals surface area contributed by atoms with Gasteiger partial charge in [0.1, 0.15) is 0 Å². The number of rotatable bonds is 0. The molecule has 0 saturated heterocycles. The Labute approximate surface area is 74.2 Å². The number of allylic oxidation sites excluding steroid dienone is 4. The van der Waals surface area contributed by atoms with E-state index in [9.17, 15) is 9.59 Å². The van der Waals surface area contributed by atoms with Gasteiger partial charge in [-0.1, -0.05) is 0 Å². The van der Waals surface area contributed by atoms with Gasteiger partial charge in [0.05, 0.1) is 8.96 Å². The lowest BCUT2D eigenvalue weighted by atomic mass is 10.2. The van der Waals surface area contributed by atoms with E-state index >= 15 is 0 Å². The van der Waals surface area contributed by atoms with Crippen molar-refractivity contribution in [1.29, 1.82) is 0 Å². The Balaban J connectivity index is 3.03. The van der Waals surface area contributed by atoms with Crippen LogP contribution in [0.5, 0.6) is 0 Å². The summed E-state index contributed by atoms with van der Waals surface area (Å²) in [4.78, 5) is 21.6. The highest BCUT2D eigenvalue weighted by Crippen LogP contribution is 2.19. The average Bonchev–Trinajstić information content (AvgIpc) is 1.84. The van der Waals surface area contributed by atoms with Crippen LogP contribution in [0.1, 0.15) is 0 Å². The highest BCUT2D eigenvalue weighted by molar-refractivity contribution is 9.12. The molecule has 0 N–H and O–H groups in total. The smallest absolute Gasteiger partial charge is 0.194 e. The van der Waals surface area contributed by atoms with Gasteiger partial charge in [-0.25, -0.2) is 0 Å². The quantitative estimate of drug-likeness (QED) is 0.625. The fourth-order valence-electron chi connectivity index (χ4n) is 0.510. The molecule has 0 saturated carbocycles. The van der Waals surface area contributed by atoms with Crippen molar-refractivity contribution in [3.05, 3.63) is 21.1 Å². The molecular weight excluding hydrogens is 264 g/mol. The molecule has 0 unspecified atom stereocenters. The Morgan fingerprint density at radius 3 is 1.50 bits per heavy atom. The summed E-state index contributed by atoms with van der Waals surface area (Å²) in [6.07, 6.45) is 2.48. The van der Waals surface area contributed by atoms with Crippen LogP contribution in [0.3, 0.4) is 0 Å². The summed E-state index contributed by atoms with van der Waals surface area (Å²) in [7, 11) is 0. The highest BCUT2D eigenvalue weighted by Gasteiger charge is 2.15. The largest absolute Gasteiger partial charge is 0.289 e. The van der Waals surface area contributed by atoms with Crippen molar-refractivity contribution in [1.82, 2.24) is 0 Å². The molecule has 0 aliphatic heterocycles. The van der Waals surface area contributed by atoms with Gasteiger partial charge >= 0.3 is 0 Å². The van der Waals surface area contributed by atoms with Crippen molar-refractivity contribution in [2.75, 3.05) is 0 Å². The Bertz CT molecular complexity index is 235. The Kier molecular flexibility index (Phi) is 2.21. The lowest BCUT2D eigenvalue weighted by molar-refractivity contribution is -0.114. The molecule has 1 rings (SSSR count). The third-order valence-corrected chi connectivity index (χ3v) is 2.23. The molecule has 10 heavy (non-hydrogen) atoms. The maximum absolute atomic E-state index is 10.8. The molecule has 1 aliphatic rings. The second-order valence-electron chi connectivity index (χ2n) is 1.71. The van der Waals surface area contributed by atoms with Crippen LogP contribution < -0.4 is 0 Å². The first-order chi connectivity index (χ1) is 4.61. The molecule has 0 aromatic rings. The SMILES string of the molecule is O=C1C=C(Br)C(=O)C=C1Br. The van der Waals surface area contributed by atoms with Crippen LogP contribution in [0.2, 0.25) is 0 Å². The standard InChI is InChI=1S/C6H2Br2O2/c7-3-1-5(9)4(8)2-6(3)10/h1-2H. The molecule has 52 valence electrons. The molecule has 0 aromatic carbocycles. The maximum atomic E-state index is 10.8. The zero-order valence-corrected chi connectivity index (χ0v) is 7.90.